The first kappa shape index (κ1) is 32.3. The summed E-state index contributed by atoms with van der Waals surface area (Å²) in [5.41, 5.74) is 3.25. The van der Waals surface area contributed by atoms with Crippen molar-refractivity contribution in [3.63, 3.8) is 0 Å². The minimum atomic E-state index is -0.400. The topological polar surface area (TPSA) is 63.0 Å². The number of ether oxygens (including phenoxy) is 1. The van der Waals surface area contributed by atoms with Crippen LogP contribution in [0.3, 0.4) is 0 Å². The second-order valence-electron chi connectivity index (χ2n) is 11.0. The van der Waals surface area contributed by atoms with E-state index in [1.807, 2.05) is 43.3 Å². The Morgan fingerprint density at radius 1 is 0.854 bits per heavy atom. The van der Waals surface area contributed by atoms with E-state index in [9.17, 15) is 9.59 Å². The van der Waals surface area contributed by atoms with Crippen molar-refractivity contribution in [3.8, 4) is 0 Å². The molecule has 0 radical (unpaired) electrons. The number of benzene rings is 2. The number of likely N-dealkylation sites (N-methyl/N-ethyl adjacent to an activating group) is 1. The van der Waals surface area contributed by atoms with Gasteiger partial charge in [0.05, 0.1) is 11.1 Å². The Bertz CT molecular complexity index is 1270. The average molecular weight is 561 g/mol. The number of nitrogens with zero attached hydrogens (tertiary/aromatic N) is 2. The average Bonchev–Trinajstić information content (AvgIpc) is 3.34. The molecule has 3 aromatic rings. The Balaban J connectivity index is 1.81. The summed E-state index contributed by atoms with van der Waals surface area (Å²) < 4.78 is 11.6. The zero-order valence-corrected chi connectivity index (χ0v) is 25.7. The van der Waals surface area contributed by atoms with Gasteiger partial charge >= 0.3 is 5.97 Å². The highest BCUT2D eigenvalue weighted by Crippen LogP contribution is 2.31. The second-order valence-corrected chi connectivity index (χ2v) is 11.0. The van der Waals surface area contributed by atoms with Gasteiger partial charge in [0.2, 0.25) is 0 Å². The van der Waals surface area contributed by atoms with Crippen LogP contribution in [0.15, 0.2) is 53.0 Å². The van der Waals surface area contributed by atoms with Crippen LogP contribution >= 0.6 is 0 Å². The third-order valence-electron chi connectivity index (χ3n) is 7.26. The maximum absolute atomic E-state index is 13.8. The van der Waals surface area contributed by atoms with Crippen molar-refractivity contribution < 1.29 is 18.7 Å². The zero-order chi connectivity index (χ0) is 29.6. The van der Waals surface area contributed by atoms with Crippen molar-refractivity contribution in [2.24, 2.45) is 0 Å². The minimum absolute atomic E-state index is 0.0891. The summed E-state index contributed by atoms with van der Waals surface area (Å²) in [6.07, 6.45) is 11.8. The molecule has 0 aliphatic rings. The first-order valence-electron chi connectivity index (χ1n) is 15.3. The summed E-state index contributed by atoms with van der Waals surface area (Å²) >= 11 is 0. The van der Waals surface area contributed by atoms with Gasteiger partial charge in [-0.3, -0.25) is 9.69 Å². The van der Waals surface area contributed by atoms with E-state index < -0.39 is 5.97 Å². The summed E-state index contributed by atoms with van der Waals surface area (Å²) in [7, 11) is 3.86. The fourth-order valence-corrected chi connectivity index (χ4v) is 4.73. The van der Waals surface area contributed by atoms with E-state index in [1.165, 1.54) is 25.7 Å². The number of hydrogen-bond acceptors (Lipinski definition) is 6. The van der Waals surface area contributed by atoms with E-state index in [4.69, 9.17) is 9.15 Å². The summed E-state index contributed by atoms with van der Waals surface area (Å²) in [6, 6.07) is 13.0. The molecule has 1 heterocycles. The van der Waals surface area contributed by atoms with Crippen LogP contribution in [0.1, 0.15) is 96.9 Å². The number of esters is 1. The monoisotopic (exact) mass is 560 g/mol. The van der Waals surface area contributed by atoms with Crippen molar-refractivity contribution in [3.05, 3.63) is 76.6 Å². The van der Waals surface area contributed by atoms with Crippen LogP contribution < -0.4 is 0 Å². The SMILES string of the molecule is CCCCc1oc2ccc(C(=O)OCCN(C)C)cc2c1C(=O)c1ccc(/C=C/CN(CCCC)CCCC)cc1. The van der Waals surface area contributed by atoms with E-state index in [1.54, 1.807) is 18.2 Å². The molecule has 2 aromatic carbocycles. The second kappa shape index (κ2) is 16.9. The van der Waals surface area contributed by atoms with Crippen LogP contribution in [0.25, 0.3) is 17.0 Å². The van der Waals surface area contributed by atoms with Gasteiger partial charge in [-0.05, 0) is 70.2 Å². The maximum atomic E-state index is 13.8. The largest absolute Gasteiger partial charge is 0.461 e. The van der Waals surface area contributed by atoms with Gasteiger partial charge in [0.1, 0.15) is 18.0 Å². The molecule has 222 valence electrons. The zero-order valence-electron chi connectivity index (χ0n) is 25.7. The van der Waals surface area contributed by atoms with Crippen molar-refractivity contribution >= 4 is 28.8 Å². The number of aryl methyl sites for hydroxylation is 1. The fourth-order valence-electron chi connectivity index (χ4n) is 4.73. The molecule has 0 unspecified atom stereocenters. The first-order valence-corrected chi connectivity index (χ1v) is 15.3. The molecule has 0 aliphatic carbocycles. The summed E-state index contributed by atoms with van der Waals surface area (Å²) in [5.74, 6) is 0.185. The predicted octanol–water partition coefficient (Wildman–Crippen LogP) is 7.64. The molecule has 0 saturated carbocycles. The lowest BCUT2D eigenvalue weighted by atomic mass is 9.97. The highest BCUT2D eigenvalue weighted by atomic mass is 16.5. The van der Waals surface area contributed by atoms with Crippen LogP contribution in [0.4, 0.5) is 0 Å². The predicted molar refractivity (Wildman–Crippen MR) is 169 cm³/mol. The number of carbonyl (C=O) groups excluding carboxylic acids is 2. The van der Waals surface area contributed by atoms with E-state index >= 15 is 0 Å². The Hall–Kier alpha value is -3.22. The van der Waals surface area contributed by atoms with Crippen molar-refractivity contribution in [1.29, 1.82) is 0 Å². The van der Waals surface area contributed by atoms with Gasteiger partial charge in [-0.15, -0.1) is 0 Å². The highest BCUT2D eigenvalue weighted by Gasteiger charge is 2.23. The van der Waals surface area contributed by atoms with Gasteiger partial charge < -0.3 is 14.1 Å². The van der Waals surface area contributed by atoms with E-state index in [2.05, 4.69) is 37.8 Å². The number of ketones is 1. The molecule has 41 heavy (non-hydrogen) atoms. The van der Waals surface area contributed by atoms with Gasteiger partial charge in [-0.25, -0.2) is 4.79 Å². The highest BCUT2D eigenvalue weighted by molar-refractivity contribution is 6.17. The molecule has 0 aliphatic heterocycles. The maximum Gasteiger partial charge on any atom is 0.338 e. The fraction of sp³-hybridized carbons (Fsp3) is 0.486. The van der Waals surface area contributed by atoms with Crippen molar-refractivity contribution in [1.82, 2.24) is 9.80 Å². The summed E-state index contributed by atoms with van der Waals surface area (Å²) in [4.78, 5) is 31.0. The van der Waals surface area contributed by atoms with Crippen LogP contribution in [0.5, 0.6) is 0 Å². The standard InChI is InChI=1S/C35H48N2O4/c1-6-9-14-32-33(30-26-29(19-20-31(30)41-32)35(39)40-25-24-36(4)5)34(38)28-17-15-27(16-18-28)13-12-23-37(21-10-7-2)22-11-8-3/h12-13,15-20,26H,6-11,14,21-25H2,1-5H3/b13-12+. The summed E-state index contributed by atoms with van der Waals surface area (Å²) in [5, 5.41) is 0.659. The molecular weight excluding hydrogens is 512 g/mol. The smallest absolute Gasteiger partial charge is 0.338 e. The van der Waals surface area contributed by atoms with Crippen LogP contribution in [0, 0.1) is 0 Å². The lowest BCUT2D eigenvalue weighted by Gasteiger charge is -2.19. The third-order valence-corrected chi connectivity index (χ3v) is 7.26. The lowest BCUT2D eigenvalue weighted by molar-refractivity contribution is 0.0482. The van der Waals surface area contributed by atoms with Crippen molar-refractivity contribution in [2.75, 3.05) is 46.9 Å². The molecule has 0 saturated heterocycles. The molecular formula is C35H48N2O4. The number of carbonyl (C=O) groups is 2. The third kappa shape index (κ3) is 9.68. The Morgan fingerprint density at radius 2 is 1.51 bits per heavy atom. The number of fused-ring (bicyclic) bond motifs is 1. The quantitative estimate of drug-likeness (QED) is 0.118. The van der Waals surface area contributed by atoms with Crippen LogP contribution in [0.2, 0.25) is 0 Å². The molecule has 0 N–H and O–H groups in total. The molecule has 6 nitrogen and oxygen atoms in total. The number of rotatable bonds is 18. The van der Waals surface area contributed by atoms with Crippen molar-refractivity contribution in [2.45, 2.75) is 65.7 Å². The molecule has 0 spiro atoms. The molecule has 3 rings (SSSR count). The van der Waals surface area contributed by atoms with E-state index in [-0.39, 0.29) is 5.78 Å². The number of unbranched alkanes of at least 4 members (excludes halogenated alkanes) is 3. The molecule has 6 heteroatoms. The molecule has 1 aromatic heterocycles. The molecule has 0 amide bonds. The Labute approximate surface area is 246 Å². The van der Waals surface area contributed by atoms with Crippen LogP contribution in [-0.4, -0.2) is 68.4 Å². The molecule has 0 fully saturated rings. The lowest BCUT2D eigenvalue weighted by Crippen LogP contribution is -2.26. The van der Waals surface area contributed by atoms with Crippen LogP contribution in [-0.2, 0) is 11.2 Å². The van der Waals surface area contributed by atoms with Gasteiger partial charge in [0.15, 0.2) is 5.78 Å². The normalized spacial score (nSPS) is 11.8. The Morgan fingerprint density at radius 3 is 2.15 bits per heavy atom. The number of hydrogen-bond donors (Lipinski definition) is 0. The first-order chi connectivity index (χ1) is 19.9. The van der Waals surface area contributed by atoms with Gasteiger partial charge in [0.25, 0.3) is 0 Å². The van der Waals surface area contributed by atoms with E-state index in [0.29, 0.717) is 53.0 Å². The van der Waals surface area contributed by atoms with E-state index in [0.717, 1.165) is 38.0 Å². The number of furan rings is 1. The summed E-state index contributed by atoms with van der Waals surface area (Å²) in [6.45, 7) is 10.7. The Kier molecular flexibility index (Phi) is 13.3. The minimum Gasteiger partial charge on any atom is -0.461 e. The molecule has 0 atom stereocenters. The molecule has 0 bridgehead atoms. The van der Waals surface area contributed by atoms with Gasteiger partial charge in [-0.2, -0.15) is 0 Å². The van der Waals surface area contributed by atoms with Gasteiger partial charge in [-0.1, -0.05) is 76.5 Å². The van der Waals surface area contributed by atoms with Gasteiger partial charge in [0, 0.05) is 30.5 Å².